The number of likely N-dealkylation sites (tertiary alicyclic amines) is 2. The molecular weight excluding hydrogens is 422 g/mol. The van der Waals surface area contributed by atoms with Gasteiger partial charge in [0.25, 0.3) is 5.91 Å². The highest BCUT2D eigenvalue weighted by Crippen LogP contribution is 2.25. The molecule has 4 rings (SSSR count). The second-order valence-corrected chi connectivity index (χ2v) is 9.19. The van der Waals surface area contributed by atoms with Gasteiger partial charge in [-0.25, -0.2) is 9.97 Å². The molecule has 33 heavy (non-hydrogen) atoms. The van der Waals surface area contributed by atoms with E-state index in [1.165, 1.54) is 6.33 Å². The molecule has 2 aromatic heterocycles. The molecule has 10 nitrogen and oxygen atoms in total. The van der Waals surface area contributed by atoms with Crippen molar-refractivity contribution in [3.63, 3.8) is 0 Å². The maximum absolute atomic E-state index is 13.0. The van der Waals surface area contributed by atoms with E-state index in [1.54, 1.807) is 19.2 Å². The zero-order valence-corrected chi connectivity index (χ0v) is 19.7. The SMILES string of the molecule is Cc1onc(-c2ccncn2)c1C(=O)NC1CCN(C2CCN(C(=O)CN(C)C)CC2)CC1. The van der Waals surface area contributed by atoms with Gasteiger partial charge >= 0.3 is 0 Å². The maximum atomic E-state index is 13.0. The lowest BCUT2D eigenvalue weighted by atomic mass is 9.97. The van der Waals surface area contributed by atoms with Gasteiger partial charge in [0.2, 0.25) is 5.91 Å². The van der Waals surface area contributed by atoms with Crippen molar-refractivity contribution in [2.75, 3.05) is 46.8 Å². The predicted octanol–water partition coefficient (Wildman–Crippen LogP) is 1.19. The number of carbonyl (C=O) groups excluding carboxylic acids is 2. The van der Waals surface area contributed by atoms with Crippen molar-refractivity contribution in [2.45, 2.75) is 44.7 Å². The van der Waals surface area contributed by atoms with Gasteiger partial charge in [0.1, 0.15) is 23.3 Å². The number of piperidine rings is 2. The third-order valence-corrected chi connectivity index (χ3v) is 6.56. The highest BCUT2D eigenvalue weighted by Gasteiger charge is 2.31. The number of aryl methyl sites for hydroxylation is 1. The van der Waals surface area contributed by atoms with Crippen molar-refractivity contribution >= 4 is 11.8 Å². The first kappa shape index (κ1) is 23.3. The number of nitrogens with one attached hydrogen (secondary N) is 1. The summed E-state index contributed by atoms with van der Waals surface area (Å²) in [5.41, 5.74) is 1.45. The Morgan fingerprint density at radius 2 is 1.88 bits per heavy atom. The molecule has 2 saturated heterocycles. The van der Waals surface area contributed by atoms with Crippen LogP contribution in [0.15, 0.2) is 23.1 Å². The molecule has 2 fully saturated rings. The van der Waals surface area contributed by atoms with Gasteiger partial charge in [-0.15, -0.1) is 0 Å². The summed E-state index contributed by atoms with van der Waals surface area (Å²) in [7, 11) is 3.85. The van der Waals surface area contributed by atoms with Crippen molar-refractivity contribution in [1.82, 2.24) is 35.1 Å². The molecule has 2 aromatic rings. The normalized spacial score (nSPS) is 18.6. The van der Waals surface area contributed by atoms with Gasteiger partial charge in [-0.3, -0.25) is 9.59 Å². The molecule has 178 valence electrons. The van der Waals surface area contributed by atoms with Crippen LogP contribution in [0.5, 0.6) is 0 Å². The fraction of sp³-hybridized carbons (Fsp3) is 0.609. The fourth-order valence-electron chi connectivity index (χ4n) is 4.76. The number of amides is 2. The van der Waals surface area contributed by atoms with E-state index < -0.39 is 0 Å². The van der Waals surface area contributed by atoms with E-state index in [9.17, 15) is 9.59 Å². The molecule has 1 N–H and O–H groups in total. The second-order valence-electron chi connectivity index (χ2n) is 9.19. The molecule has 10 heteroatoms. The number of aromatic nitrogens is 3. The molecule has 0 unspecified atom stereocenters. The molecule has 4 heterocycles. The van der Waals surface area contributed by atoms with Crippen LogP contribution in [0.4, 0.5) is 0 Å². The third-order valence-electron chi connectivity index (χ3n) is 6.56. The number of rotatable bonds is 6. The summed E-state index contributed by atoms with van der Waals surface area (Å²) in [4.78, 5) is 39.9. The summed E-state index contributed by atoms with van der Waals surface area (Å²) >= 11 is 0. The Kier molecular flexibility index (Phi) is 7.34. The summed E-state index contributed by atoms with van der Waals surface area (Å²) in [5, 5.41) is 7.21. The largest absolute Gasteiger partial charge is 0.360 e. The Balaban J connectivity index is 1.27. The lowest BCUT2D eigenvalue weighted by molar-refractivity contribution is -0.133. The van der Waals surface area contributed by atoms with E-state index in [1.807, 2.05) is 23.9 Å². The lowest BCUT2D eigenvalue weighted by Gasteiger charge is -2.42. The highest BCUT2D eigenvalue weighted by molar-refractivity contribution is 6.00. The first-order valence-corrected chi connectivity index (χ1v) is 11.6. The minimum atomic E-state index is -0.173. The summed E-state index contributed by atoms with van der Waals surface area (Å²) in [6.07, 6.45) is 6.87. The molecule has 0 radical (unpaired) electrons. The fourth-order valence-corrected chi connectivity index (χ4v) is 4.76. The van der Waals surface area contributed by atoms with E-state index in [-0.39, 0.29) is 17.9 Å². The Labute approximate surface area is 194 Å². The average Bonchev–Trinajstić information content (AvgIpc) is 3.21. The van der Waals surface area contributed by atoms with E-state index >= 15 is 0 Å². The van der Waals surface area contributed by atoms with Crippen LogP contribution in [0.25, 0.3) is 11.4 Å². The monoisotopic (exact) mass is 455 g/mol. The standard InChI is InChI=1S/C23H33N7O3/c1-16-21(22(27-33-16)19-4-9-24-15-25-19)23(32)26-17-5-10-29(11-6-17)18-7-12-30(13-8-18)20(31)14-28(2)3/h4,9,15,17-18H,5-8,10-14H2,1-3H3,(H,26,32). The van der Waals surface area contributed by atoms with Crippen molar-refractivity contribution in [3.05, 3.63) is 29.9 Å². The Hall–Kier alpha value is -2.85. The predicted molar refractivity (Wildman–Crippen MR) is 122 cm³/mol. The Morgan fingerprint density at radius 1 is 1.15 bits per heavy atom. The van der Waals surface area contributed by atoms with Crippen LogP contribution < -0.4 is 5.32 Å². The summed E-state index contributed by atoms with van der Waals surface area (Å²) in [5.74, 6) is 0.521. The zero-order chi connectivity index (χ0) is 23.4. The molecule has 0 aliphatic carbocycles. The molecule has 2 aliphatic rings. The van der Waals surface area contributed by atoms with Crippen molar-refractivity contribution in [1.29, 1.82) is 0 Å². The van der Waals surface area contributed by atoms with E-state index in [0.29, 0.717) is 35.3 Å². The highest BCUT2D eigenvalue weighted by atomic mass is 16.5. The maximum Gasteiger partial charge on any atom is 0.257 e. The van der Waals surface area contributed by atoms with Gasteiger partial charge in [-0.2, -0.15) is 0 Å². The van der Waals surface area contributed by atoms with E-state index in [2.05, 4.69) is 25.3 Å². The average molecular weight is 456 g/mol. The molecule has 0 spiro atoms. The van der Waals surface area contributed by atoms with E-state index in [4.69, 9.17) is 4.52 Å². The first-order chi connectivity index (χ1) is 15.9. The van der Waals surface area contributed by atoms with Crippen molar-refractivity contribution < 1.29 is 14.1 Å². The number of likely N-dealkylation sites (N-methyl/N-ethyl adjacent to an activating group) is 1. The van der Waals surface area contributed by atoms with Gasteiger partial charge < -0.3 is 24.5 Å². The quantitative estimate of drug-likeness (QED) is 0.692. The van der Waals surface area contributed by atoms with Gasteiger partial charge in [0.05, 0.1) is 12.2 Å². The van der Waals surface area contributed by atoms with Crippen LogP contribution in [0, 0.1) is 6.92 Å². The molecule has 0 aromatic carbocycles. The summed E-state index contributed by atoms with van der Waals surface area (Å²) in [6.45, 7) is 5.76. The zero-order valence-electron chi connectivity index (χ0n) is 19.7. The lowest BCUT2D eigenvalue weighted by Crippen LogP contribution is -2.52. The van der Waals surface area contributed by atoms with Gasteiger partial charge in [-0.05, 0) is 52.8 Å². The van der Waals surface area contributed by atoms with Crippen LogP contribution in [0.3, 0.4) is 0 Å². The minimum Gasteiger partial charge on any atom is -0.360 e. The molecule has 2 aliphatic heterocycles. The number of nitrogens with zero attached hydrogens (tertiary/aromatic N) is 6. The number of hydrogen-bond acceptors (Lipinski definition) is 8. The Morgan fingerprint density at radius 3 is 2.52 bits per heavy atom. The smallest absolute Gasteiger partial charge is 0.257 e. The van der Waals surface area contributed by atoms with Crippen LogP contribution in [-0.2, 0) is 4.79 Å². The molecule has 2 amide bonds. The van der Waals surface area contributed by atoms with Gasteiger partial charge in [0.15, 0.2) is 0 Å². The minimum absolute atomic E-state index is 0.114. The topological polar surface area (TPSA) is 108 Å². The second kappa shape index (κ2) is 10.4. The molecular formula is C23H33N7O3. The first-order valence-electron chi connectivity index (χ1n) is 11.6. The third kappa shape index (κ3) is 5.56. The van der Waals surface area contributed by atoms with Gasteiger partial charge in [0, 0.05) is 44.5 Å². The molecule has 0 atom stereocenters. The summed E-state index contributed by atoms with van der Waals surface area (Å²) in [6, 6.07) is 2.34. The molecule has 0 saturated carbocycles. The number of hydrogen-bond donors (Lipinski definition) is 1. The number of carbonyl (C=O) groups is 2. The van der Waals surface area contributed by atoms with Crippen molar-refractivity contribution in [3.8, 4) is 11.4 Å². The van der Waals surface area contributed by atoms with Gasteiger partial charge in [-0.1, -0.05) is 5.16 Å². The van der Waals surface area contributed by atoms with Crippen molar-refractivity contribution in [2.24, 2.45) is 0 Å². The van der Waals surface area contributed by atoms with Crippen LogP contribution in [0.1, 0.15) is 41.8 Å². The molecule has 0 bridgehead atoms. The Bertz CT molecular complexity index is 946. The van der Waals surface area contributed by atoms with Crippen LogP contribution in [-0.4, -0.2) is 101 Å². The summed E-state index contributed by atoms with van der Waals surface area (Å²) < 4.78 is 5.29. The van der Waals surface area contributed by atoms with Crippen LogP contribution >= 0.6 is 0 Å². The van der Waals surface area contributed by atoms with E-state index in [0.717, 1.165) is 51.9 Å². The van der Waals surface area contributed by atoms with Crippen LogP contribution in [0.2, 0.25) is 0 Å².